The maximum Gasteiger partial charge on any atom is 0.411 e. The lowest BCUT2D eigenvalue weighted by Crippen LogP contribution is -2.49. The van der Waals surface area contributed by atoms with Crippen LogP contribution in [0.1, 0.15) is 35.3 Å². The van der Waals surface area contributed by atoms with Gasteiger partial charge in [0.25, 0.3) is 5.91 Å². The molecule has 2 amide bonds. The predicted molar refractivity (Wildman–Crippen MR) is 112 cm³/mol. The van der Waals surface area contributed by atoms with Gasteiger partial charge in [0.15, 0.2) is 0 Å². The number of hydrogen-bond donors (Lipinski definition) is 2. The van der Waals surface area contributed by atoms with Crippen molar-refractivity contribution in [3.63, 3.8) is 0 Å². The SMILES string of the molecule is CC(C)C(NC(=O)c1ccccc1Cl)C(=O)NCc1ccc(COCC(F)(F)F)cc1. The van der Waals surface area contributed by atoms with Crippen molar-refractivity contribution in [3.8, 4) is 0 Å². The molecule has 1 unspecified atom stereocenters. The Kier molecular flexibility index (Phi) is 8.88. The minimum atomic E-state index is -4.36. The molecule has 0 fully saturated rings. The van der Waals surface area contributed by atoms with Crippen LogP contribution < -0.4 is 10.6 Å². The minimum absolute atomic E-state index is 0.157. The third-order valence-electron chi connectivity index (χ3n) is 4.38. The standard InChI is InChI=1S/C22H24ClF3N2O3/c1-14(2)19(28-20(29)17-5-3-4-6-18(17)23)21(30)27-11-15-7-9-16(10-8-15)12-31-13-22(24,25)26/h3-10,14,19H,11-13H2,1-2H3,(H,27,30)(H,28,29). The number of ether oxygens (including phenoxy) is 1. The normalized spacial score (nSPS) is 12.5. The molecule has 31 heavy (non-hydrogen) atoms. The zero-order chi connectivity index (χ0) is 23.0. The molecule has 1 atom stereocenters. The van der Waals surface area contributed by atoms with Gasteiger partial charge < -0.3 is 15.4 Å². The Labute approximate surface area is 183 Å². The van der Waals surface area contributed by atoms with E-state index in [1.165, 1.54) is 0 Å². The van der Waals surface area contributed by atoms with E-state index in [-0.39, 0.29) is 30.5 Å². The average Bonchev–Trinajstić information content (AvgIpc) is 2.70. The number of carbonyl (C=O) groups excluding carboxylic acids is 2. The van der Waals surface area contributed by atoms with E-state index in [1.54, 1.807) is 48.5 Å². The third kappa shape index (κ3) is 8.22. The summed E-state index contributed by atoms with van der Waals surface area (Å²) < 4.78 is 41.0. The number of halogens is 4. The van der Waals surface area contributed by atoms with Crippen LogP contribution in [0.15, 0.2) is 48.5 Å². The lowest BCUT2D eigenvalue weighted by molar-refractivity contribution is -0.176. The van der Waals surface area contributed by atoms with Crippen molar-refractivity contribution in [3.05, 3.63) is 70.2 Å². The first-order valence-electron chi connectivity index (χ1n) is 9.62. The molecule has 0 saturated carbocycles. The molecule has 0 aliphatic carbocycles. The number of rotatable bonds is 9. The molecule has 2 rings (SSSR count). The van der Waals surface area contributed by atoms with E-state index >= 15 is 0 Å². The fraction of sp³-hybridized carbons (Fsp3) is 0.364. The number of benzene rings is 2. The number of carbonyl (C=O) groups is 2. The van der Waals surface area contributed by atoms with Crippen molar-refractivity contribution >= 4 is 23.4 Å². The molecule has 2 N–H and O–H groups in total. The van der Waals surface area contributed by atoms with E-state index in [0.29, 0.717) is 10.6 Å². The molecular weight excluding hydrogens is 433 g/mol. The summed E-state index contributed by atoms with van der Waals surface area (Å²) >= 11 is 6.04. The van der Waals surface area contributed by atoms with E-state index in [0.717, 1.165) is 5.56 Å². The van der Waals surface area contributed by atoms with Crippen LogP contribution in [0.2, 0.25) is 5.02 Å². The van der Waals surface area contributed by atoms with Gasteiger partial charge in [0.05, 0.1) is 17.2 Å². The number of alkyl halides is 3. The Morgan fingerprint density at radius 2 is 1.65 bits per heavy atom. The number of hydrogen-bond acceptors (Lipinski definition) is 3. The summed E-state index contributed by atoms with van der Waals surface area (Å²) in [6.45, 7) is 2.37. The molecule has 0 aromatic heterocycles. The first-order valence-corrected chi connectivity index (χ1v) is 10.00. The predicted octanol–water partition coefficient (Wildman–Crippen LogP) is 4.49. The second-order valence-electron chi connectivity index (χ2n) is 7.32. The van der Waals surface area contributed by atoms with Gasteiger partial charge in [-0.1, -0.05) is 61.8 Å². The first-order chi connectivity index (χ1) is 14.6. The Morgan fingerprint density at radius 1 is 1.03 bits per heavy atom. The van der Waals surface area contributed by atoms with E-state index in [1.807, 2.05) is 13.8 Å². The average molecular weight is 457 g/mol. The maximum absolute atomic E-state index is 12.6. The summed E-state index contributed by atoms with van der Waals surface area (Å²) in [5, 5.41) is 5.77. The van der Waals surface area contributed by atoms with Gasteiger partial charge in [0.2, 0.25) is 5.91 Å². The molecule has 9 heteroatoms. The van der Waals surface area contributed by atoms with Gasteiger partial charge in [-0.2, -0.15) is 13.2 Å². The number of nitrogens with one attached hydrogen (secondary N) is 2. The second kappa shape index (κ2) is 11.2. The topological polar surface area (TPSA) is 67.4 Å². The van der Waals surface area contributed by atoms with E-state index in [4.69, 9.17) is 11.6 Å². The van der Waals surface area contributed by atoms with Gasteiger partial charge in [-0.15, -0.1) is 0 Å². The van der Waals surface area contributed by atoms with Gasteiger partial charge in [0.1, 0.15) is 12.6 Å². The molecule has 5 nitrogen and oxygen atoms in total. The fourth-order valence-electron chi connectivity index (χ4n) is 2.74. The molecule has 0 aliphatic rings. The molecule has 0 spiro atoms. The van der Waals surface area contributed by atoms with Crippen LogP contribution in [0.5, 0.6) is 0 Å². The Bertz CT molecular complexity index is 886. The molecule has 0 aliphatic heterocycles. The van der Waals surface area contributed by atoms with Gasteiger partial charge >= 0.3 is 6.18 Å². The van der Waals surface area contributed by atoms with Crippen LogP contribution >= 0.6 is 11.6 Å². The summed E-state index contributed by atoms with van der Waals surface area (Å²) in [7, 11) is 0. The molecule has 0 saturated heterocycles. The van der Waals surface area contributed by atoms with E-state index in [9.17, 15) is 22.8 Å². The smallest absolute Gasteiger partial charge is 0.367 e. The minimum Gasteiger partial charge on any atom is -0.367 e. The van der Waals surface area contributed by atoms with Crippen molar-refractivity contribution in [2.45, 2.75) is 39.2 Å². The Balaban J connectivity index is 1.90. The molecule has 168 valence electrons. The highest BCUT2D eigenvalue weighted by Crippen LogP contribution is 2.17. The van der Waals surface area contributed by atoms with Gasteiger partial charge in [-0.25, -0.2) is 0 Å². The van der Waals surface area contributed by atoms with Gasteiger partial charge in [0, 0.05) is 6.54 Å². The fourth-order valence-corrected chi connectivity index (χ4v) is 2.96. The van der Waals surface area contributed by atoms with Crippen molar-refractivity contribution < 1.29 is 27.5 Å². The zero-order valence-electron chi connectivity index (χ0n) is 17.1. The van der Waals surface area contributed by atoms with Crippen molar-refractivity contribution in [1.29, 1.82) is 0 Å². The summed E-state index contributed by atoms with van der Waals surface area (Å²) in [5.41, 5.74) is 1.63. The second-order valence-corrected chi connectivity index (χ2v) is 7.72. The van der Waals surface area contributed by atoms with Crippen molar-refractivity contribution in [2.24, 2.45) is 5.92 Å². The van der Waals surface area contributed by atoms with Gasteiger partial charge in [-0.05, 0) is 29.2 Å². The molecule has 2 aromatic carbocycles. The highest BCUT2D eigenvalue weighted by molar-refractivity contribution is 6.33. The van der Waals surface area contributed by atoms with Crippen LogP contribution in [0, 0.1) is 5.92 Å². The van der Waals surface area contributed by atoms with Crippen LogP contribution in [0.25, 0.3) is 0 Å². The van der Waals surface area contributed by atoms with E-state index < -0.39 is 24.7 Å². The van der Waals surface area contributed by atoms with Crippen LogP contribution in [-0.4, -0.2) is 30.6 Å². The lowest BCUT2D eigenvalue weighted by Gasteiger charge is -2.22. The maximum atomic E-state index is 12.6. The monoisotopic (exact) mass is 456 g/mol. The summed E-state index contributed by atoms with van der Waals surface area (Å²) in [6.07, 6.45) is -4.36. The van der Waals surface area contributed by atoms with Crippen molar-refractivity contribution in [1.82, 2.24) is 10.6 Å². The first kappa shape index (κ1) is 24.7. The highest BCUT2D eigenvalue weighted by Gasteiger charge is 2.27. The molecule has 0 bridgehead atoms. The number of amides is 2. The summed E-state index contributed by atoms with van der Waals surface area (Å²) in [6, 6.07) is 12.5. The Morgan fingerprint density at radius 3 is 2.23 bits per heavy atom. The molecule has 0 heterocycles. The summed E-state index contributed by atoms with van der Waals surface area (Å²) in [4.78, 5) is 25.1. The zero-order valence-corrected chi connectivity index (χ0v) is 17.9. The van der Waals surface area contributed by atoms with Gasteiger partial charge in [-0.3, -0.25) is 9.59 Å². The lowest BCUT2D eigenvalue weighted by atomic mass is 10.0. The Hall–Kier alpha value is -2.58. The molecule has 0 radical (unpaired) electrons. The highest BCUT2D eigenvalue weighted by atomic mass is 35.5. The molecular formula is C22H24ClF3N2O3. The largest absolute Gasteiger partial charge is 0.411 e. The summed E-state index contributed by atoms with van der Waals surface area (Å²) in [5.74, 6) is -0.963. The van der Waals surface area contributed by atoms with Crippen LogP contribution in [0.3, 0.4) is 0 Å². The van der Waals surface area contributed by atoms with Crippen LogP contribution in [-0.2, 0) is 22.7 Å². The third-order valence-corrected chi connectivity index (χ3v) is 4.71. The van der Waals surface area contributed by atoms with E-state index in [2.05, 4.69) is 15.4 Å². The quantitative estimate of drug-likeness (QED) is 0.584. The molecule has 2 aromatic rings. The van der Waals surface area contributed by atoms with Crippen LogP contribution in [0.4, 0.5) is 13.2 Å². The van der Waals surface area contributed by atoms with Crippen molar-refractivity contribution in [2.75, 3.05) is 6.61 Å².